The number of hydrogen-bond acceptors (Lipinski definition) is 4. The standard InChI is InChI=1S/C22H22N4O2/c1-15-9-5-8-14-19(15)23-24-21(27)20-17-12-6-7-13-18(17)22(28)26(25-20)16-10-3-2-4-11-16/h2-4,6-7,10-13,15H,5,8-9,14H2,1H3,(H,24,27)/b23-19-/t15-/m0/s1. The van der Waals surface area contributed by atoms with Gasteiger partial charge in [-0.15, -0.1) is 0 Å². The molecule has 1 saturated carbocycles. The third kappa shape index (κ3) is 3.45. The van der Waals surface area contributed by atoms with Crippen molar-refractivity contribution in [3.8, 4) is 5.69 Å². The molecule has 6 heteroatoms. The number of para-hydroxylation sites is 1. The summed E-state index contributed by atoms with van der Waals surface area (Å²) in [7, 11) is 0. The van der Waals surface area contributed by atoms with Crippen LogP contribution in [0.4, 0.5) is 0 Å². The van der Waals surface area contributed by atoms with Gasteiger partial charge in [-0.25, -0.2) is 5.43 Å². The summed E-state index contributed by atoms with van der Waals surface area (Å²) in [6, 6.07) is 16.1. The normalized spacial score (nSPS) is 18.3. The fraction of sp³-hybridized carbons (Fsp3) is 0.273. The van der Waals surface area contributed by atoms with Gasteiger partial charge in [-0.2, -0.15) is 14.9 Å². The number of rotatable bonds is 3. The van der Waals surface area contributed by atoms with Crippen LogP contribution in [0.1, 0.15) is 43.1 Å². The number of carbonyl (C=O) groups is 1. The highest BCUT2D eigenvalue weighted by Gasteiger charge is 2.19. The third-order valence-electron chi connectivity index (χ3n) is 5.21. The third-order valence-corrected chi connectivity index (χ3v) is 5.21. The molecular weight excluding hydrogens is 352 g/mol. The Labute approximate surface area is 162 Å². The van der Waals surface area contributed by atoms with Crippen LogP contribution in [0.2, 0.25) is 0 Å². The lowest BCUT2D eigenvalue weighted by Gasteiger charge is -2.19. The van der Waals surface area contributed by atoms with E-state index in [2.05, 4.69) is 22.5 Å². The molecule has 0 bridgehead atoms. The number of aromatic nitrogens is 2. The molecule has 0 aliphatic heterocycles. The smallest absolute Gasteiger partial charge is 0.267 e. The Balaban J connectivity index is 1.77. The zero-order chi connectivity index (χ0) is 19.5. The van der Waals surface area contributed by atoms with E-state index in [4.69, 9.17) is 0 Å². The van der Waals surface area contributed by atoms with Crippen molar-refractivity contribution < 1.29 is 4.79 Å². The van der Waals surface area contributed by atoms with Crippen LogP contribution in [0, 0.1) is 5.92 Å². The topological polar surface area (TPSA) is 76.3 Å². The van der Waals surface area contributed by atoms with Gasteiger partial charge >= 0.3 is 0 Å². The Morgan fingerprint density at radius 3 is 2.54 bits per heavy atom. The maximum Gasteiger partial charge on any atom is 0.292 e. The van der Waals surface area contributed by atoms with Crippen LogP contribution in [-0.2, 0) is 0 Å². The number of carbonyl (C=O) groups excluding carboxylic acids is 1. The molecule has 1 aliphatic rings. The highest BCUT2D eigenvalue weighted by atomic mass is 16.2. The van der Waals surface area contributed by atoms with Crippen molar-refractivity contribution in [2.75, 3.05) is 0 Å². The maximum absolute atomic E-state index is 12.9. The molecule has 1 heterocycles. The first-order chi connectivity index (χ1) is 13.6. The van der Waals surface area contributed by atoms with Gasteiger partial charge in [-0.05, 0) is 43.4 Å². The molecule has 1 amide bonds. The fourth-order valence-corrected chi connectivity index (χ4v) is 3.61. The van der Waals surface area contributed by atoms with E-state index in [9.17, 15) is 9.59 Å². The number of nitrogens with zero attached hydrogens (tertiary/aromatic N) is 3. The lowest BCUT2D eigenvalue weighted by molar-refractivity contribution is 0.0949. The molecule has 28 heavy (non-hydrogen) atoms. The first-order valence-corrected chi connectivity index (χ1v) is 9.59. The van der Waals surface area contributed by atoms with E-state index in [0.29, 0.717) is 22.4 Å². The van der Waals surface area contributed by atoms with Crippen LogP contribution in [0.15, 0.2) is 64.5 Å². The monoisotopic (exact) mass is 374 g/mol. The zero-order valence-electron chi connectivity index (χ0n) is 15.8. The summed E-state index contributed by atoms with van der Waals surface area (Å²) in [5.41, 5.74) is 4.21. The summed E-state index contributed by atoms with van der Waals surface area (Å²) < 4.78 is 1.27. The van der Waals surface area contributed by atoms with Crippen LogP contribution in [0.3, 0.4) is 0 Å². The van der Waals surface area contributed by atoms with Gasteiger partial charge < -0.3 is 0 Å². The minimum absolute atomic E-state index is 0.187. The highest BCUT2D eigenvalue weighted by Crippen LogP contribution is 2.21. The second-order valence-electron chi connectivity index (χ2n) is 7.14. The Morgan fingerprint density at radius 2 is 1.79 bits per heavy atom. The lowest BCUT2D eigenvalue weighted by Crippen LogP contribution is -2.29. The van der Waals surface area contributed by atoms with Crippen LogP contribution < -0.4 is 11.0 Å². The average molecular weight is 374 g/mol. The van der Waals surface area contributed by atoms with Gasteiger partial charge in [0.1, 0.15) is 0 Å². The van der Waals surface area contributed by atoms with E-state index in [0.717, 1.165) is 25.0 Å². The summed E-state index contributed by atoms with van der Waals surface area (Å²) in [5, 5.41) is 9.71. The zero-order valence-corrected chi connectivity index (χ0v) is 15.8. The minimum atomic E-state index is -0.411. The first-order valence-electron chi connectivity index (χ1n) is 9.59. The second kappa shape index (κ2) is 7.76. The van der Waals surface area contributed by atoms with Crippen molar-refractivity contribution in [2.45, 2.75) is 32.6 Å². The van der Waals surface area contributed by atoms with Crippen LogP contribution in [0.25, 0.3) is 16.5 Å². The summed E-state index contributed by atoms with van der Waals surface area (Å²) >= 11 is 0. The van der Waals surface area contributed by atoms with Gasteiger partial charge in [0.05, 0.1) is 11.1 Å². The van der Waals surface area contributed by atoms with Crippen molar-refractivity contribution >= 4 is 22.4 Å². The maximum atomic E-state index is 12.9. The van der Waals surface area contributed by atoms with E-state index in [-0.39, 0.29) is 11.3 Å². The van der Waals surface area contributed by atoms with Crippen LogP contribution in [-0.4, -0.2) is 21.4 Å². The van der Waals surface area contributed by atoms with E-state index >= 15 is 0 Å². The largest absolute Gasteiger partial charge is 0.292 e. The lowest BCUT2D eigenvalue weighted by atomic mass is 9.89. The average Bonchev–Trinajstić information content (AvgIpc) is 2.74. The molecule has 3 aromatic rings. The van der Waals surface area contributed by atoms with Crippen molar-refractivity contribution in [1.29, 1.82) is 0 Å². The van der Waals surface area contributed by atoms with E-state index in [1.807, 2.05) is 18.2 Å². The van der Waals surface area contributed by atoms with Crippen molar-refractivity contribution in [3.05, 3.63) is 70.6 Å². The Morgan fingerprint density at radius 1 is 1.07 bits per heavy atom. The van der Waals surface area contributed by atoms with Crippen molar-refractivity contribution in [2.24, 2.45) is 11.0 Å². The van der Waals surface area contributed by atoms with Crippen molar-refractivity contribution in [1.82, 2.24) is 15.2 Å². The molecule has 1 aliphatic carbocycles. The molecule has 142 valence electrons. The van der Waals surface area contributed by atoms with E-state index in [1.165, 1.54) is 11.1 Å². The van der Waals surface area contributed by atoms with Gasteiger partial charge in [0.25, 0.3) is 11.5 Å². The minimum Gasteiger partial charge on any atom is -0.267 e. The summed E-state index contributed by atoms with van der Waals surface area (Å²) in [4.78, 5) is 25.8. The number of nitrogens with one attached hydrogen (secondary N) is 1. The molecule has 4 rings (SSSR count). The van der Waals surface area contributed by atoms with Gasteiger partial charge in [0.2, 0.25) is 0 Å². The van der Waals surface area contributed by atoms with Gasteiger partial charge in [0, 0.05) is 11.1 Å². The van der Waals surface area contributed by atoms with E-state index < -0.39 is 5.91 Å². The van der Waals surface area contributed by atoms with Gasteiger partial charge in [-0.3, -0.25) is 9.59 Å². The Hall–Kier alpha value is -3.28. The summed E-state index contributed by atoms with van der Waals surface area (Å²) in [6.07, 6.45) is 4.29. The quantitative estimate of drug-likeness (QED) is 0.711. The molecular formula is C22H22N4O2. The number of hydrazone groups is 1. The SMILES string of the molecule is C[C@H]1CCCC/C1=N/NC(=O)c1nn(-c2ccccc2)c(=O)c2ccccc12. The molecule has 0 spiro atoms. The molecule has 2 aromatic carbocycles. The second-order valence-corrected chi connectivity index (χ2v) is 7.14. The molecule has 0 radical (unpaired) electrons. The molecule has 1 fully saturated rings. The summed E-state index contributed by atoms with van der Waals surface area (Å²) in [5.74, 6) is -0.0387. The van der Waals surface area contributed by atoms with Crippen LogP contribution >= 0.6 is 0 Å². The number of fused-ring (bicyclic) bond motifs is 1. The highest BCUT2D eigenvalue weighted by molar-refractivity contribution is 6.05. The summed E-state index contributed by atoms with van der Waals surface area (Å²) in [6.45, 7) is 2.13. The molecule has 0 saturated heterocycles. The molecule has 0 unspecified atom stereocenters. The van der Waals surface area contributed by atoms with E-state index in [1.54, 1.807) is 36.4 Å². The first kappa shape index (κ1) is 18.1. The van der Waals surface area contributed by atoms with Gasteiger partial charge in [-0.1, -0.05) is 49.7 Å². The molecule has 1 N–H and O–H groups in total. The predicted octanol–water partition coefficient (Wildman–Crippen LogP) is 3.68. The number of hydrogen-bond donors (Lipinski definition) is 1. The molecule has 1 atom stereocenters. The Bertz CT molecular complexity index is 1100. The molecule has 1 aromatic heterocycles. The number of amides is 1. The fourth-order valence-electron chi connectivity index (χ4n) is 3.61. The van der Waals surface area contributed by atoms with Crippen molar-refractivity contribution in [3.63, 3.8) is 0 Å². The van der Waals surface area contributed by atoms with Crippen LogP contribution in [0.5, 0.6) is 0 Å². The Kier molecular flexibility index (Phi) is 5.02. The molecule has 6 nitrogen and oxygen atoms in total. The van der Waals surface area contributed by atoms with Gasteiger partial charge in [0.15, 0.2) is 5.69 Å². The number of benzene rings is 2. The predicted molar refractivity (Wildman–Crippen MR) is 110 cm³/mol.